The Bertz CT molecular complexity index is 581. The van der Waals surface area contributed by atoms with Gasteiger partial charge in [-0.15, -0.1) is 5.10 Å². The van der Waals surface area contributed by atoms with E-state index in [2.05, 4.69) is 36.8 Å². The van der Waals surface area contributed by atoms with Gasteiger partial charge in [0.15, 0.2) is 5.82 Å². The fourth-order valence-electron chi connectivity index (χ4n) is 1.53. The summed E-state index contributed by atoms with van der Waals surface area (Å²) in [5.41, 5.74) is -0.514. The normalized spacial score (nSPS) is 11.8. The van der Waals surface area contributed by atoms with E-state index in [1.54, 1.807) is 7.05 Å². The molecule has 0 fully saturated rings. The molecule has 0 unspecified atom stereocenters. The lowest BCUT2D eigenvalue weighted by Crippen LogP contribution is -2.13. The Hall–Kier alpha value is -1.48. The maximum absolute atomic E-state index is 12.7. The first-order chi connectivity index (χ1) is 8.91. The number of hydrogen-bond donors (Lipinski definition) is 1. The van der Waals surface area contributed by atoms with Crippen LogP contribution in [-0.2, 0) is 12.7 Å². The molecule has 0 radical (unpaired) electrons. The molecular formula is C10H9BrF3N5. The van der Waals surface area contributed by atoms with E-state index in [1.165, 1.54) is 10.7 Å². The van der Waals surface area contributed by atoms with Crippen LogP contribution >= 0.6 is 15.9 Å². The average Bonchev–Trinajstić information content (AvgIpc) is 2.76. The van der Waals surface area contributed by atoms with Crippen LogP contribution in [0.25, 0.3) is 5.69 Å². The number of halogens is 4. The highest BCUT2D eigenvalue weighted by molar-refractivity contribution is 9.10. The molecule has 1 heterocycles. The fourth-order valence-corrected chi connectivity index (χ4v) is 2.02. The summed E-state index contributed by atoms with van der Waals surface area (Å²) < 4.78 is 39.8. The quantitative estimate of drug-likeness (QED) is 0.933. The topological polar surface area (TPSA) is 55.6 Å². The van der Waals surface area contributed by atoms with E-state index in [-0.39, 0.29) is 5.69 Å². The molecule has 0 aliphatic rings. The van der Waals surface area contributed by atoms with Crippen LogP contribution in [0.2, 0.25) is 0 Å². The first-order valence-electron chi connectivity index (χ1n) is 5.22. The highest BCUT2D eigenvalue weighted by atomic mass is 79.9. The van der Waals surface area contributed by atoms with Crippen molar-refractivity contribution in [2.24, 2.45) is 0 Å². The number of alkyl halides is 3. The Balaban J connectivity index is 2.50. The van der Waals surface area contributed by atoms with Crippen molar-refractivity contribution < 1.29 is 13.2 Å². The number of hydrogen-bond acceptors (Lipinski definition) is 4. The van der Waals surface area contributed by atoms with Crippen LogP contribution in [0.1, 0.15) is 11.4 Å². The van der Waals surface area contributed by atoms with Crippen molar-refractivity contribution in [1.82, 2.24) is 25.5 Å². The molecule has 0 saturated carbocycles. The number of benzene rings is 1. The van der Waals surface area contributed by atoms with Crippen molar-refractivity contribution in [2.75, 3.05) is 7.05 Å². The average molecular weight is 336 g/mol. The summed E-state index contributed by atoms with van der Waals surface area (Å²) in [5.74, 6) is 0.425. The minimum absolute atomic E-state index is 0.247. The zero-order valence-corrected chi connectivity index (χ0v) is 11.3. The second-order valence-corrected chi connectivity index (χ2v) is 4.65. The molecular weight excluding hydrogens is 327 g/mol. The third kappa shape index (κ3) is 3.10. The van der Waals surface area contributed by atoms with Gasteiger partial charge in [-0.2, -0.15) is 17.9 Å². The van der Waals surface area contributed by atoms with E-state index in [9.17, 15) is 13.2 Å². The van der Waals surface area contributed by atoms with Crippen molar-refractivity contribution >= 4 is 15.9 Å². The first-order valence-corrected chi connectivity index (χ1v) is 6.01. The molecule has 1 N–H and O–H groups in total. The van der Waals surface area contributed by atoms with E-state index in [0.717, 1.165) is 12.1 Å². The van der Waals surface area contributed by atoms with Gasteiger partial charge < -0.3 is 5.32 Å². The van der Waals surface area contributed by atoms with Gasteiger partial charge in [0.1, 0.15) is 0 Å². The van der Waals surface area contributed by atoms with Gasteiger partial charge in [0.05, 0.1) is 17.8 Å². The van der Waals surface area contributed by atoms with Crippen LogP contribution in [0.5, 0.6) is 0 Å². The largest absolute Gasteiger partial charge is 0.416 e. The van der Waals surface area contributed by atoms with Crippen molar-refractivity contribution in [1.29, 1.82) is 0 Å². The van der Waals surface area contributed by atoms with Gasteiger partial charge >= 0.3 is 6.18 Å². The minimum atomic E-state index is -4.42. The van der Waals surface area contributed by atoms with E-state index in [4.69, 9.17) is 0 Å². The van der Waals surface area contributed by atoms with E-state index in [0.29, 0.717) is 16.8 Å². The highest BCUT2D eigenvalue weighted by Gasteiger charge is 2.31. The van der Waals surface area contributed by atoms with Crippen LogP contribution in [0.4, 0.5) is 13.2 Å². The second-order valence-electron chi connectivity index (χ2n) is 3.73. The van der Waals surface area contributed by atoms with E-state index in [1.807, 2.05) is 0 Å². The van der Waals surface area contributed by atoms with E-state index >= 15 is 0 Å². The summed E-state index contributed by atoms with van der Waals surface area (Å²) in [7, 11) is 1.70. The third-order valence-corrected chi connectivity index (χ3v) is 2.78. The van der Waals surface area contributed by atoms with Crippen molar-refractivity contribution in [3.63, 3.8) is 0 Å². The zero-order valence-electron chi connectivity index (χ0n) is 9.74. The molecule has 2 aromatic rings. The summed E-state index contributed by atoms with van der Waals surface area (Å²) >= 11 is 3.06. The Morgan fingerprint density at radius 1 is 1.32 bits per heavy atom. The summed E-state index contributed by atoms with van der Waals surface area (Å²) in [4.78, 5) is 0. The van der Waals surface area contributed by atoms with Gasteiger partial charge in [-0.3, -0.25) is 0 Å². The van der Waals surface area contributed by atoms with Gasteiger partial charge in [0, 0.05) is 4.47 Å². The maximum Gasteiger partial charge on any atom is 0.416 e. The lowest BCUT2D eigenvalue weighted by atomic mass is 10.2. The molecule has 0 atom stereocenters. The summed E-state index contributed by atoms with van der Waals surface area (Å²) in [6.45, 7) is 0.348. The smallest absolute Gasteiger partial charge is 0.313 e. The second kappa shape index (κ2) is 5.25. The molecule has 102 valence electrons. The molecule has 0 amide bonds. The van der Waals surface area contributed by atoms with Crippen molar-refractivity contribution in [3.8, 4) is 5.69 Å². The van der Waals surface area contributed by atoms with Crippen LogP contribution in [0.3, 0.4) is 0 Å². The van der Waals surface area contributed by atoms with Crippen molar-refractivity contribution in [3.05, 3.63) is 34.1 Å². The maximum atomic E-state index is 12.7. The summed E-state index contributed by atoms with van der Waals surface area (Å²) in [6.07, 6.45) is -4.42. The standard InChI is InChI=1S/C10H9BrF3N5/c1-15-5-9-16-17-18-19(9)8-3-6(10(12,13)14)2-7(11)4-8/h2-4,15H,5H2,1H3. The SMILES string of the molecule is CNCc1nnnn1-c1cc(Br)cc(C(F)(F)F)c1. The molecule has 19 heavy (non-hydrogen) atoms. The number of nitrogens with one attached hydrogen (secondary N) is 1. The first kappa shape index (κ1) is 13.9. The van der Waals surface area contributed by atoms with Crippen LogP contribution in [0, 0.1) is 0 Å². The fraction of sp³-hybridized carbons (Fsp3) is 0.300. The lowest BCUT2D eigenvalue weighted by molar-refractivity contribution is -0.137. The molecule has 0 bridgehead atoms. The monoisotopic (exact) mass is 335 g/mol. The molecule has 2 rings (SSSR count). The molecule has 0 aliphatic carbocycles. The van der Waals surface area contributed by atoms with Gasteiger partial charge in [-0.05, 0) is 35.7 Å². The Kier molecular flexibility index (Phi) is 3.85. The Labute approximate surface area is 114 Å². The number of aromatic nitrogens is 4. The molecule has 0 saturated heterocycles. The van der Waals surface area contributed by atoms with Gasteiger partial charge in [0.25, 0.3) is 0 Å². The Morgan fingerprint density at radius 2 is 2.05 bits per heavy atom. The molecule has 9 heteroatoms. The number of tetrazole rings is 1. The number of nitrogens with zero attached hydrogens (tertiary/aromatic N) is 4. The van der Waals surface area contributed by atoms with Crippen LogP contribution in [0.15, 0.2) is 22.7 Å². The summed E-state index contributed by atoms with van der Waals surface area (Å²) in [5, 5.41) is 13.8. The highest BCUT2D eigenvalue weighted by Crippen LogP contribution is 2.32. The predicted molar refractivity (Wildman–Crippen MR) is 64.6 cm³/mol. The number of rotatable bonds is 3. The van der Waals surface area contributed by atoms with E-state index < -0.39 is 11.7 Å². The molecule has 5 nitrogen and oxygen atoms in total. The molecule has 0 aliphatic heterocycles. The third-order valence-electron chi connectivity index (χ3n) is 2.32. The molecule has 0 spiro atoms. The lowest BCUT2D eigenvalue weighted by Gasteiger charge is -2.10. The van der Waals surface area contributed by atoms with Crippen LogP contribution in [-0.4, -0.2) is 27.3 Å². The summed E-state index contributed by atoms with van der Waals surface area (Å²) in [6, 6.07) is 3.52. The van der Waals surface area contributed by atoms with Crippen molar-refractivity contribution in [2.45, 2.75) is 12.7 Å². The van der Waals surface area contributed by atoms with Gasteiger partial charge in [-0.25, -0.2) is 0 Å². The van der Waals surface area contributed by atoms with Crippen LogP contribution < -0.4 is 5.32 Å². The minimum Gasteiger partial charge on any atom is -0.313 e. The predicted octanol–water partition coefficient (Wildman–Crippen LogP) is 2.16. The molecule has 1 aromatic heterocycles. The zero-order chi connectivity index (χ0) is 14.0. The van der Waals surface area contributed by atoms with Gasteiger partial charge in [-0.1, -0.05) is 15.9 Å². The van der Waals surface area contributed by atoms with Gasteiger partial charge in [0.2, 0.25) is 0 Å². The Morgan fingerprint density at radius 3 is 2.68 bits per heavy atom. The molecule has 1 aromatic carbocycles.